The standard InChI is InChI=1S/C15H16N2OS/c16-10-4-6-11(7-5-10)17-15(18)13-2-1-3-14-12(13)8-9-19-14/h4-9,13H,1-3,16H2,(H,17,18). The topological polar surface area (TPSA) is 55.1 Å². The SMILES string of the molecule is Nc1ccc(NC(=O)C2CCCc3sccc32)cc1. The number of carbonyl (C=O) groups is 1. The number of anilines is 2. The van der Waals surface area contributed by atoms with Crippen molar-refractivity contribution < 1.29 is 4.79 Å². The Morgan fingerprint density at radius 1 is 1.26 bits per heavy atom. The van der Waals surface area contributed by atoms with Gasteiger partial charge in [0.05, 0.1) is 5.92 Å². The van der Waals surface area contributed by atoms with Crippen molar-refractivity contribution in [1.82, 2.24) is 0 Å². The van der Waals surface area contributed by atoms with Crippen LogP contribution in [0.1, 0.15) is 29.2 Å². The number of nitrogens with two attached hydrogens (primary N) is 1. The Balaban J connectivity index is 1.77. The Morgan fingerprint density at radius 3 is 2.84 bits per heavy atom. The van der Waals surface area contributed by atoms with Crippen LogP contribution in [-0.2, 0) is 11.2 Å². The summed E-state index contributed by atoms with van der Waals surface area (Å²) in [5, 5.41) is 5.06. The highest BCUT2D eigenvalue weighted by molar-refractivity contribution is 7.10. The van der Waals surface area contributed by atoms with Gasteiger partial charge in [-0.1, -0.05) is 0 Å². The van der Waals surface area contributed by atoms with E-state index in [1.165, 1.54) is 10.4 Å². The first kappa shape index (κ1) is 12.2. The van der Waals surface area contributed by atoms with Gasteiger partial charge in [-0.2, -0.15) is 0 Å². The van der Waals surface area contributed by atoms with Crippen LogP contribution < -0.4 is 11.1 Å². The van der Waals surface area contributed by atoms with Gasteiger partial charge >= 0.3 is 0 Å². The highest BCUT2D eigenvalue weighted by atomic mass is 32.1. The third-order valence-corrected chi connectivity index (χ3v) is 4.54. The Bertz CT molecular complexity index is 588. The zero-order valence-electron chi connectivity index (χ0n) is 10.6. The highest BCUT2D eigenvalue weighted by Gasteiger charge is 2.27. The van der Waals surface area contributed by atoms with E-state index in [9.17, 15) is 4.79 Å². The number of rotatable bonds is 2. The molecule has 1 aliphatic carbocycles. The summed E-state index contributed by atoms with van der Waals surface area (Å²) in [4.78, 5) is 13.7. The van der Waals surface area contributed by atoms with Gasteiger partial charge in [0.1, 0.15) is 0 Å². The minimum Gasteiger partial charge on any atom is -0.399 e. The summed E-state index contributed by atoms with van der Waals surface area (Å²) in [6, 6.07) is 9.36. The predicted molar refractivity (Wildman–Crippen MR) is 79.5 cm³/mol. The summed E-state index contributed by atoms with van der Waals surface area (Å²) in [6.45, 7) is 0. The third-order valence-electron chi connectivity index (χ3n) is 3.55. The second-order valence-corrected chi connectivity index (χ2v) is 5.86. The number of thiophene rings is 1. The summed E-state index contributed by atoms with van der Waals surface area (Å²) in [7, 11) is 0. The van der Waals surface area contributed by atoms with Crippen molar-refractivity contribution in [3.05, 3.63) is 46.2 Å². The highest BCUT2D eigenvalue weighted by Crippen LogP contribution is 2.35. The molecule has 0 bridgehead atoms. The molecule has 1 amide bonds. The predicted octanol–water partition coefficient (Wildman–Crippen LogP) is 3.39. The molecule has 1 heterocycles. The molecular formula is C15H16N2OS. The van der Waals surface area contributed by atoms with Crippen molar-refractivity contribution in [2.45, 2.75) is 25.2 Å². The molecular weight excluding hydrogens is 256 g/mol. The zero-order chi connectivity index (χ0) is 13.2. The minimum absolute atomic E-state index is 0.00690. The molecule has 3 nitrogen and oxygen atoms in total. The number of hydrogen-bond acceptors (Lipinski definition) is 3. The zero-order valence-corrected chi connectivity index (χ0v) is 11.4. The van der Waals surface area contributed by atoms with Gasteiger partial charge in [0.2, 0.25) is 5.91 Å². The average molecular weight is 272 g/mol. The summed E-state index contributed by atoms with van der Waals surface area (Å²) < 4.78 is 0. The van der Waals surface area contributed by atoms with Crippen LogP contribution in [-0.4, -0.2) is 5.91 Å². The molecule has 1 aromatic heterocycles. The summed E-state index contributed by atoms with van der Waals surface area (Å²) >= 11 is 1.76. The van der Waals surface area contributed by atoms with E-state index in [1.807, 2.05) is 12.1 Å². The number of hydrogen-bond donors (Lipinski definition) is 2. The molecule has 1 atom stereocenters. The molecule has 98 valence electrons. The Kier molecular flexibility index (Phi) is 3.25. The van der Waals surface area contributed by atoms with Crippen LogP contribution in [0.15, 0.2) is 35.7 Å². The summed E-state index contributed by atoms with van der Waals surface area (Å²) in [6.07, 6.45) is 3.14. The number of fused-ring (bicyclic) bond motifs is 1. The van der Waals surface area contributed by atoms with E-state index in [-0.39, 0.29) is 11.8 Å². The molecule has 2 aromatic rings. The molecule has 3 N–H and O–H groups in total. The molecule has 0 aliphatic heterocycles. The van der Waals surface area contributed by atoms with E-state index < -0.39 is 0 Å². The molecule has 1 unspecified atom stereocenters. The summed E-state index contributed by atoms with van der Waals surface area (Å²) in [5.41, 5.74) is 8.36. The van der Waals surface area contributed by atoms with Crippen LogP contribution in [0.4, 0.5) is 11.4 Å². The van der Waals surface area contributed by atoms with E-state index in [4.69, 9.17) is 5.73 Å². The van der Waals surface area contributed by atoms with Crippen LogP contribution in [0.3, 0.4) is 0 Å². The van der Waals surface area contributed by atoms with Crippen molar-refractivity contribution in [3.63, 3.8) is 0 Å². The second-order valence-electron chi connectivity index (χ2n) is 4.86. The number of carbonyl (C=O) groups excluding carboxylic acids is 1. The first-order chi connectivity index (χ1) is 9.24. The fourth-order valence-electron chi connectivity index (χ4n) is 2.55. The number of amides is 1. The monoisotopic (exact) mass is 272 g/mol. The summed E-state index contributed by atoms with van der Waals surface area (Å²) in [5.74, 6) is 0.0803. The lowest BCUT2D eigenvalue weighted by Crippen LogP contribution is -2.23. The number of nitrogen functional groups attached to an aromatic ring is 1. The van der Waals surface area contributed by atoms with Gasteiger partial charge in [-0.25, -0.2) is 0 Å². The molecule has 1 aromatic carbocycles. The van der Waals surface area contributed by atoms with Gasteiger partial charge in [0.15, 0.2) is 0 Å². The van der Waals surface area contributed by atoms with E-state index in [0.29, 0.717) is 5.69 Å². The quantitative estimate of drug-likeness (QED) is 0.823. The van der Waals surface area contributed by atoms with Crippen molar-refractivity contribution in [1.29, 1.82) is 0 Å². The van der Waals surface area contributed by atoms with Crippen LogP contribution >= 0.6 is 11.3 Å². The Labute approximate surface area is 116 Å². The number of aryl methyl sites for hydroxylation is 1. The molecule has 19 heavy (non-hydrogen) atoms. The normalized spacial score (nSPS) is 17.8. The van der Waals surface area contributed by atoms with E-state index in [1.54, 1.807) is 23.5 Å². The van der Waals surface area contributed by atoms with E-state index in [0.717, 1.165) is 24.9 Å². The van der Waals surface area contributed by atoms with Crippen molar-refractivity contribution in [2.24, 2.45) is 0 Å². The minimum atomic E-state index is -0.00690. The van der Waals surface area contributed by atoms with E-state index in [2.05, 4.69) is 16.8 Å². The molecule has 0 radical (unpaired) electrons. The van der Waals surface area contributed by atoms with Crippen LogP contribution in [0.25, 0.3) is 0 Å². The molecule has 3 rings (SSSR count). The molecule has 0 fully saturated rings. The van der Waals surface area contributed by atoms with Gasteiger partial charge in [-0.05, 0) is 60.5 Å². The van der Waals surface area contributed by atoms with Crippen LogP contribution in [0.2, 0.25) is 0 Å². The molecule has 4 heteroatoms. The number of benzene rings is 1. The first-order valence-electron chi connectivity index (χ1n) is 6.47. The van der Waals surface area contributed by atoms with Gasteiger partial charge < -0.3 is 11.1 Å². The van der Waals surface area contributed by atoms with Crippen molar-refractivity contribution in [3.8, 4) is 0 Å². The van der Waals surface area contributed by atoms with E-state index >= 15 is 0 Å². The lowest BCUT2D eigenvalue weighted by atomic mass is 9.87. The lowest BCUT2D eigenvalue weighted by molar-refractivity contribution is -0.117. The fraction of sp³-hybridized carbons (Fsp3) is 0.267. The molecule has 0 saturated heterocycles. The molecule has 0 spiro atoms. The van der Waals surface area contributed by atoms with Gasteiger partial charge in [-0.3, -0.25) is 4.79 Å². The third kappa shape index (κ3) is 2.49. The smallest absolute Gasteiger partial charge is 0.231 e. The molecule has 1 aliphatic rings. The second kappa shape index (κ2) is 5.05. The number of nitrogens with one attached hydrogen (secondary N) is 1. The average Bonchev–Trinajstić information content (AvgIpc) is 2.89. The van der Waals surface area contributed by atoms with Gasteiger partial charge in [0, 0.05) is 16.3 Å². The fourth-order valence-corrected chi connectivity index (χ4v) is 3.54. The van der Waals surface area contributed by atoms with Crippen LogP contribution in [0, 0.1) is 0 Å². The van der Waals surface area contributed by atoms with Crippen LogP contribution in [0.5, 0.6) is 0 Å². The largest absolute Gasteiger partial charge is 0.399 e. The first-order valence-corrected chi connectivity index (χ1v) is 7.34. The molecule has 0 saturated carbocycles. The maximum absolute atomic E-state index is 12.4. The van der Waals surface area contributed by atoms with Gasteiger partial charge in [-0.15, -0.1) is 11.3 Å². The van der Waals surface area contributed by atoms with Crippen molar-refractivity contribution >= 4 is 28.6 Å². The van der Waals surface area contributed by atoms with Gasteiger partial charge in [0.25, 0.3) is 0 Å². The Morgan fingerprint density at radius 2 is 2.05 bits per heavy atom. The maximum Gasteiger partial charge on any atom is 0.231 e. The lowest BCUT2D eigenvalue weighted by Gasteiger charge is -2.21. The maximum atomic E-state index is 12.4. The Hall–Kier alpha value is -1.81. The van der Waals surface area contributed by atoms with Crippen molar-refractivity contribution in [2.75, 3.05) is 11.1 Å².